The summed E-state index contributed by atoms with van der Waals surface area (Å²) in [6.45, 7) is 8.20. The van der Waals surface area contributed by atoms with Crippen molar-refractivity contribution >= 4 is 5.97 Å². The molecule has 0 bridgehead atoms. The van der Waals surface area contributed by atoms with E-state index < -0.39 is 5.97 Å². The topological polar surface area (TPSA) is 52.6 Å². The van der Waals surface area contributed by atoms with E-state index in [1.807, 2.05) is 0 Å². The molecule has 1 aliphatic carbocycles. The van der Waals surface area contributed by atoms with Crippen LogP contribution in [0.3, 0.4) is 0 Å². The lowest BCUT2D eigenvalue weighted by Gasteiger charge is -2.38. The highest BCUT2D eigenvalue weighted by molar-refractivity contribution is 5.70. The minimum absolute atomic E-state index is 0.202. The van der Waals surface area contributed by atoms with Crippen molar-refractivity contribution in [1.29, 1.82) is 0 Å². The summed E-state index contributed by atoms with van der Waals surface area (Å²) in [4.78, 5) is 13.6. The summed E-state index contributed by atoms with van der Waals surface area (Å²) in [5, 5.41) is 12.9. The highest BCUT2D eigenvalue weighted by Gasteiger charge is 2.32. The van der Waals surface area contributed by atoms with Crippen LogP contribution in [0.25, 0.3) is 0 Å². The standard InChI is InChI=1S/C15H28N2O2/c1-11(2)8-17-9-13(15(18)19)6-14(10-17)16-7-12-4-3-5-12/h11-14,16H,3-10H2,1-2H3,(H,18,19). The Balaban J connectivity index is 1.83. The third-order valence-corrected chi connectivity index (χ3v) is 4.42. The van der Waals surface area contributed by atoms with Crippen LogP contribution in [-0.2, 0) is 4.79 Å². The van der Waals surface area contributed by atoms with Crippen LogP contribution in [0.15, 0.2) is 0 Å². The zero-order valence-electron chi connectivity index (χ0n) is 12.3. The molecule has 2 fully saturated rings. The molecule has 1 saturated heterocycles. The van der Waals surface area contributed by atoms with Crippen molar-refractivity contribution in [2.45, 2.75) is 45.6 Å². The Bertz CT molecular complexity index is 303. The van der Waals surface area contributed by atoms with Gasteiger partial charge in [0.2, 0.25) is 0 Å². The van der Waals surface area contributed by atoms with Crippen molar-refractivity contribution in [2.24, 2.45) is 17.8 Å². The van der Waals surface area contributed by atoms with Gasteiger partial charge in [0, 0.05) is 25.7 Å². The summed E-state index contributed by atoms with van der Waals surface area (Å²) >= 11 is 0. The number of nitrogens with zero attached hydrogens (tertiary/aromatic N) is 1. The van der Waals surface area contributed by atoms with Gasteiger partial charge in [-0.3, -0.25) is 4.79 Å². The van der Waals surface area contributed by atoms with Crippen LogP contribution in [0, 0.1) is 17.8 Å². The molecule has 1 saturated carbocycles. The first-order valence-corrected chi connectivity index (χ1v) is 7.73. The van der Waals surface area contributed by atoms with E-state index in [2.05, 4.69) is 24.1 Å². The van der Waals surface area contributed by atoms with Crippen molar-refractivity contribution in [2.75, 3.05) is 26.2 Å². The lowest BCUT2D eigenvalue weighted by molar-refractivity contribution is -0.144. The fourth-order valence-corrected chi connectivity index (χ4v) is 3.21. The molecule has 0 amide bonds. The van der Waals surface area contributed by atoms with Gasteiger partial charge < -0.3 is 15.3 Å². The summed E-state index contributed by atoms with van der Waals surface area (Å²) in [5.74, 6) is 0.596. The summed E-state index contributed by atoms with van der Waals surface area (Å²) in [6, 6.07) is 0.356. The molecule has 0 aromatic rings. The van der Waals surface area contributed by atoms with E-state index >= 15 is 0 Å². The number of rotatable bonds is 6. The quantitative estimate of drug-likeness (QED) is 0.771. The normalized spacial score (nSPS) is 29.4. The maximum absolute atomic E-state index is 11.3. The van der Waals surface area contributed by atoms with Gasteiger partial charge >= 0.3 is 5.97 Å². The number of hydrogen-bond donors (Lipinski definition) is 2. The number of carboxylic acid groups (broad SMARTS) is 1. The number of likely N-dealkylation sites (tertiary alicyclic amines) is 1. The van der Waals surface area contributed by atoms with Crippen LogP contribution < -0.4 is 5.32 Å². The Morgan fingerprint density at radius 2 is 2.11 bits per heavy atom. The molecular weight excluding hydrogens is 240 g/mol. The minimum atomic E-state index is -0.635. The molecule has 0 spiro atoms. The lowest BCUT2D eigenvalue weighted by Crippen LogP contribution is -2.52. The predicted molar refractivity (Wildman–Crippen MR) is 76.2 cm³/mol. The summed E-state index contributed by atoms with van der Waals surface area (Å²) in [7, 11) is 0. The fraction of sp³-hybridized carbons (Fsp3) is 0.933. The van der Waals surface area contributed by atoms with Gasteiger partial charge in [-0.25, -0.2) is 0 Å². The van der Waals surface area contributed by atoms with Crippen LogP contribution in [0.1, 0.15) is 39.5 Å². The molecule has 2 aliphatic rings. The third-order valence-electron chi connectivity index (χ3n) is 4.42. The third kappa shape index (κ3) is 4.46. The van der Waals surface area contributed by atoms with Crippen molar-refractivity contribution in [3.8, 4) is 0 Å². The zero-order valence-corrected chi connectivity index (χ0v) is 12.3. The van der Waals surface area contributed by atoms with Gasteiger partial charge in [0.1, 0.15) is 0 Å². The second-order valence-corrected chi connectivity index (χ2v) is 6.79. The maximum atomic E-state index is 11.3. The average molecular weight is 268 g/mol. The van der Waals surface area contributed by atoms with Crippen molar-refractivity contribution in [3.63, 3.8) is 0 Å². The van der Waals surface area contributed by atoms with Crippen LogP contribution >= 0.6 is 0 Å². The van der Waals surface area contributed by atoms with E-state index in [0.29, 0.717) is 12.0 Å². The molecule has 0 aromatic heterocycles. The van der Waals surface area contributed by atoms with Gasteiger partial charge in [-0.2, -0.15) is 0 Å². The Labute approximate surface area is 116 Å². The molecule has 4 nitrogen and oxygen atoms in total. The van der Waals surface area contributed by atoms with Crippen LogP contribution in [-0.4, -0.2) is 48.2 Å². The Morgan fingerprint density at radius 1 is 1.37 bits per heavy atom. The first-order valence-electron chi connectivity index (χ1n) is 7.73. The molecule has 2 rings (SSSR count). The number of aliphatic carboxylic acids is 1. The Morgan fingerprint density at radius 3 is 2.63 bits per heavy atom. The molecule has 2 unspecified atom stereocenters. The monoisotopic (exact) mass is 268 g/mol. The van der Waals surface area contributed by atoms with E-state index in [1.165, 1.54) is 19.3 Å². The maximum Gasteiger partial charge on any atom is 0.307 e. The number of hydrogen-bond acceptors (Lipinski definition) is 3. The van der Waals surface area contributed by atoms with Crippen molar-refractivity contribution in [1.82, 2.24) is 10.2 Å². The highest BCUT2D eigenvalue weighted by atomic mass is 16.4. The predicted octanol–water partition coefficient (Wildman–Crippen LogP) is 1.81. The summed E-state index contributed by atoms with van der Waals surface area (Å²) in [6.07, 6.45) is 4.85. The van der Waals surface area contributed by atoms with E-state index in [4.69, 9.17) is 0 Å². The number of carboxylic acids is 1. The second-order valence-electron chi connectivity index (χ2n) is 6.79. The summed E-state index contributed by atoms with van der Waals surface area (Å²) < 4.78 is 0. The fourth-order valence-electron chi connectivity index (χ4n) is 3.21. The van der Waals surface area contributed by atoms with Crippen molar-refractivity contribution in [3.05, 3.63) is 0 Å². The molecule has 0 radical (unpaired) electrons. The average Bonchev–Trinajstić information content (AvgIpc) is 2.25. The zero-order chi connectivity index (χ0) is 13.8. The molecule has 19 heavy (non-hydrogen) atoms. The molecule has 1 heterocycles. The number of nitrogens with one attached hydrogen (secondary N) is 1. The van der Waals surface area contributed by atoms with Crippen molar-refractivity contribution < 1.29 is 9.90 Å². The highest BCUT2D eigenvalue weighted by Crippen LogP contribution is 2.26. The molecule has 0 aromatic carbocycles. The first-order chi connectivity index (χ1) is 9.04. The van der Waals surface area contributed by atoms with E-state index in [1.54, 1.807) is 0 Å². The Kier molecular flexibility index (Phi) is 5.22. The van der Waals surface area contributed by atoms with Gasteiger partial charge in [0.15, 0.2) is 0 Å². The molecule has 2 N–H and O–H groups in total. The van der Waals surface area contributed by atoms with E-state index in [-0.39, 0.29) is 5.92 Å². The van der Waals surface area contributed by atoms with E-state index in [9.17, 15) is 9.90 Å². The smallest absolute Gasteiger partial charge is 0.307 e. The largest absolute Gasteiger partial charge is 0.481 e. The van der Waals surface area contributed by atoms with Gasteiger partial charge in [0.25, 0.3) is 0 Å². The molecule has 110 valence electrons. The second kappa shape index (κ2) is 6.71. The lowest BCUT2D eigenvalue weighted by atomic mass is 9.85. The van der Waals surface area contributed by atoms with Crippen LogP contribution in [0.4, 0.5) is 0 Å². The van der Waals surface area contributed by atoms with Gasteiger partial charge in [-0.05, 0) is 37.6 Å². The number of piperidine rings is 1. The molecule has 2 atom stereocenters. The van der Waals surface area contributed by atoms with Gasteiger partial charge in [0.05, 0.1) is 5.92 Å². The SMILES string of the molecule is CC(C)CN1CC(NCC2CCC2)CC(C(=O)O)C1. The Hall–Kier alpha value is -0.610. The van der Waals surface area contributed by atoms with Gasteiger partial charge in [-0.15, -0.1) is 0 Å². The number of carbonyl (C=O) groups is 1. The molecular formula is C15H28N2O2. The van der Waals surface area contributed by atoms with Gasteiger partial charge in [-0.1, -0.05) is 20.3 Å². The van der Waals surface area contributed by atoms with Crippen LogP contribution in [0.5, 0.6) is 0 Å². The van der Waals surface area contributed by atoms with E-state index in [0.717, 1.165) is 38.5 Å². The summed E-state index contributed by atoms with van der Waals surface area (Å²) in [5.41, 5.74) is 0. The molecule has 1 aliphatic heterocycles. The first kappa shape index (κ1) is 14.8. The minimum Gasteiger partial charge on any atom is -0.481 e. The molecule has 4 heteroatoms. The van der Waals surface area contributed by atoms with Crippen LogP contribution in [0.2, 0.25) is 0 Å².